The first-order valence-corrected chi connectivity index (χ1v) is 5.18. The average molecular weight is 222 g/mol. The Balaban J connectivity index is 3.62. The molecule has 4 nitrogen and oxygen atoms in total. The molecule has 0 fully saturated rings. The van der Waals surface area contributed by atoms with E-state index in [9.17, 15) is 8.42 Å². The SMILES string of the molecule is Cc1c(Cl)ccc(N)c1S(=O)(=O)O. The first kappa shape index (κ1) is 10.3. The molecule has 6 heteroatoms. The van der Waals surface area contributed by atoms with Crippen LogP contribution < -0.4 is 5.73 Å². The molecule has 0 aromatic heterocycles. The van der Waals surface area contributed by atoms with Gasteiger partial charge in [-0.25, -0.2) is 0 Å². The number of rotatable bonds is 1. The van der Waals surface area contributed by atoms with Gasteiger partial charge in [0.05, 0.1) is 5.69 Å². The Morgan fingerprint density at radius 1 is 1.46 bits per heavy atom. The van der Waals surface area contributed by atoms with Crippen LogP contribution in [0.5, 0.6) is 0 Å². The molecule has 1 rings (SSSR count). The van der Waals surface area contributed by atoms with Crippen molar-refractivity contribution in [3.8, 4) is 0 Å². The van der Waals surface area contributed by atoms with Gasteiger partial charge in [0.15, 0.2) is 0 Å². The van der Waals surface area contributed by atoms with Crippen molar-refractivity contribution in [1.82, 2.24) is 0 Å². The van der Waals surface area contributed by atoms with Crippen molar-refractivity contribution in [2.45, 2.75) is 11.8 Å². The van der Waals surface area contributed by atoms with Crippen molar-refractivity contribution in [3.63, 3.8) is 0 Å². The van der Waals surface area contributed by atoms with Gasteiger partial charge in [0.1, 0.15) is 4.90 Å². The molecule has 0 aliphatic heterocycles. The first-order valence-electron chi connectivity index (χ1n) is 3.36. The van der Waals surface area contributed by atoms with Gasteiger partial charge in [0.2, 0.25) is 0 Å². The van der Waals surface area contributed by atoms with Crippen LogP contribution in [0.25, 0.3) is 0 Å². The summed E-state index contributed by atoms with van der Waals surface area (Å²) in [7, 11) is -4.30. The molecule has 0 aliphatic rings. The zero-order chi connectivity index (χ0) is 10.2. The number of hydrogen-bond acceptors (Lipinski definition) is 3. The van der Waals surface area contributed by atoms with Gasteiger partial charge in [-0.3, -0.25) is 4.55 Å². The third-order valence-corrected chi connectivity index (χ3v) is 3.10. The van der Waals surface area contributed by atoms with Gasteiger partial charge in [0, 0.05) is 5.02 Å². The number of anilines is 1. The lowest BCUT2D eigenvalue weighted by atomic mass is 10.2. The van der Waals surface area contributed by atoms with Gasteiger partial charge in [0.25, 0.3) is 10.1 Å². The third kappa shape index (κ3) is 1.93. The second kappa shape index (κ2) is 3.17. The second-order valence-electron chi connectivity index (χ2n) is 2.57. The zero-order valence-electron chi connectivity index (χ0n) is 6.78. The van der Waals surface area contributed by atoms with Crippen LogP contribution in [0, 0.1) is 6.92 Å². The van der Waals surface area contributed by atoms with Gasteiger partial charge in [-0.2, -0.15) is 8.42 Å². The lowest BCUT2D eigenvalue weighted by Crippen LogP contribution is -2.05. The van der Waals surface area contributed by atoms with Gasteiger partial charge < -0.3 is 5.73 Å². The molecule has 1 aromatic carbocycles. The van der Waals surface area contributed by atoms with Crippen LogP contribution in [0.1, 0.15) is 5.56 Å². The number of nitrogen functional groups attached to an aromatic ring is 1. The fourth-order valence-electron chi connectivity index (χ4n) is 1.03. The van der Waals surface area contributed by atoms with Crippen LogP contribution in [-0.2, 0) is 10.1 Å². The highest BCUT2D eigenvalue weighted by atomic mass is 35.5. The molecule has 0 radical (unpaired) electrons. The summed E-state index contributed by atoms with van der Waals surface area (Å²) in [5.41, 5.74) is 5.62. The summed E-state index contributed by atoms with van der Waals surface area (Å²) < 4.78 is 30.5. The molecule has 1 aromatic rings. The van der Waals surface area contributed by atoms with E-state index in [1.165, 1.54) is 19.1 Å². The summed E-state index contributed by atoms with van der Waals surface area (Å²) in [6, 6.07) is 2.80. The fraction of sp³-hybridized carbons (Fsp3) is 0.143. The van der Waals surface area contributed by atoms with Crippen LogP contribution in [0.3, 0.4) is 0 Å². The van der Waals surface area contributed by atoms with Crippen LogP contribution in [0.4, 0.5) is 5.69 Å². The van der Waals surface area contributed by atoms with Crippen LogP contribution in [0.15, 0.2) is 17.0 Å². The van der Waals surface area contributed by atoms with Crippen molar-refractivity contribution >= 4 is 27.4 Å². The molecule has 0 bridgehead atoms. The van der Waals surface area contributed by atoms with E-state index < -0.39 is 10.1 Å². The predicted molar refractivity (Wildman–Crippen MR) is 50.4 cm³/mol. The number of benzene rings is 1. The van der Waals surface area contributed by atoms with Crippen LogP contribution in [-0.4, -0.2) is 13.0 Å². The molecule has 0 saturated heterocycles. The quantitative estimate of drug-likeness (QED) is 0.556. The monoisotopic (exact) mass is 221 g/mol. The molecular formula is C7H8ClNO3S. The lowest BCUT2D eigenvalue weighted by Gasteiger charge is -2.06. The smallest absolute Gasteiger partial charge is 0.296 e. The summed E-state index contributed by atoms with van der Waals surface area (Å²) in [6.07, 6.45) is 0. The van der Waals surface area contributed by atoms with Gasteiger partial charge in [-0.1, -0.05) is 11.6 Å². The number of halogens is 1. The average Bonchev–Trinajstić information content (AvgIpc) is 1.95. The van der Waals surface area contributed by atoms with Crippen molar-refractivity contribution < 1.29 is 13.0 Å². The Morgan fingerprint density at radius 2 is 2.00 bits per heavy atom. The highest BCUT2D eigenvalue weighted by molar-refractivity contribution is 7.86. The maximum Gasteiger partial charge on any atom is 0.296 e. The Kier molecular flexibility index (Phi) is 2.51. The van der Waals surface area contributed by atoms with Crippen molar-refractivity contribution in [1.29, 1.82) is 0 Å². The molecule has 72 valence electrons. The van der Waals surface area contributed by atoms with E-state index in [4.69, 9.17) is 21.9 Å². The Bertz CT molecular complexity index is 441. The normalized spacial score (nSPS) is 11.6. The van der Waals surface area contributed by atoms with E-state index >= 15 is 0 Å². The molecule has 0 heterocycles. The second-order valence-corrected chi connectivity index (χ2v) is 4.33. The lowest BCUT2D eigenvalue weighted by molar-refractivity contribution is 0.483. The maximum absolute atomic E-state index is 10.8. The molecule has 0 atom stereocenters. The van der Waals surface area contributed by atoms with Crippen molar-refractivity contribution in [3.05, 3.63) is 22.7 Å². The standard InChI is InChI=1S/C7H8ClNO3S/c1-4-5(8)2-3-6(9)7(4)13(10,11)12/h2-3H,9H2,1H3,(H,10,11,12). The molecule has 0 saturated carbocycles. The maximum atomic E-state index is 10.8. The van der Waals surface area contributed by atoms with E-state index in [1.807, 2.05) is 0 Å². The topological polar surface area (TPSA) is 80.4 Å². The molecule has 0 unspecified atom stereocenters. The van der Waals surface area contributed by atoms with Gasteiger partial charge in [-0.15, -0.1) is 0 Å². The minimum absolute atomic E-state index is 0.00981. The van der Waals surface area contributed by atoms with Crippen molar-refractivity contribution in [2.75, 3.05) is 5.73 Å². The zero-order valence-corrected chi connectivity index (χ0v) is 8.35. The summed E-state index contributed by atoms with van der Waals surface area (Å²) in [5, 5.41) is 0.252. The fourth-order valence-corrected chi connectivity index (χ4v) is 2.11. The largest absolute Gasteiger partial charge is 0.398 e. The van der Waals surface area contributed by atoms with E-state index in [2.05, 4.69) is 0 Å². The molecule has 0 amide bonds. The third-order valence-electron chi connectivity index (χ3n) is 1.63. The Morgan fingerprint density at radius 3 is 2.38 bits per heavy atom. The number of hydrogen-bond donors (Lipinski definition) is 2. The van der Waals surface area contributed by atoms with E-state index in [0.717, 1.165) is 0 Å². The van der Waals surface area contributed by atoms with Crippen molar-refractivity contribution in [2.24, 2.45) is 0 Å². The van der Waals surface area contributed by atoms with Crippen LogP contribution in [0.2, 0.25) is 5.02 Å². The Labute approximate surface area is 81.1 Å². The molecular weight excluding hydrogens is 214 g/mol. The van der Waals surface area contributed by atoms with E-state index in [0.29, 0.717) is 0 Å². The summed E-state index contributed by atoms with van der Waals surface area (Å²) in [4.78, 5) is -0.319. The minimum atomic E-state index is -4.30. The van der Waals surface area contributed by atoms with Gasteiger partial charge >= 0.3 is 0 Å². The predicted octanol–water partition coefficient (Wildman–Crippen LogP) is 1.48. The first-order chi connectivity index (χ1) is 5.84. The number of nitrogens with two attached hydrogens (primary N) is 1. The summed E-state index contributed by atoms with van der Waals surface area (Å²) in [6.45, 7) is 1.47. The van der Waals surface area contributed by atoms with E-state index in [-0.39, 0.29) is 21.2 Å². The highest BCUT2D eigenvalue weighted by Crippen LogP contribution is 2.27. The molecule has 3 N–H and O–H groups in total. The minimum Gasteiger partial charge on any atom is -0.398 e. The van der Waals surface area contributed by atoms with E-state index in [1.54, 1.807) is 0 Å². The molecule has 13 heavy (non-hydrogen) atoms. The molecule has 0 spiro atoms. The highest BCUT2D eigenvalue weighted by Gasteiger charge is 2.18. The van der Waals surface area contributed by atoms with Crippen LogP contribution >= 0.6 is 11.6 Å². The van der Waals surface area contributed by atoms with Gasteiger partial charge in [-0.05, 0) is 24.6 Å². The Hall–Kier alpha value is -0.780. The summed E-state index contributed by atoms with van der Waals surface area (Å²) >= 11 is 5.66. The summed E-state index contributed by atoms with van der Waals surface area (Å²) in [5.74, 6) is 0. The molecule has 0 aliphatic carbocycles.